The Morgan fingerprint density at radius 2 is 1.59 bits per heavy atom. The SMILES string of the molecule is O=C(NNC(=O)c1cccn1Cc1ccccc1)c1c[nH]c2ccccc12. The molecule has 134 valence electrons. The molecule has 3 N–H and O–H groups in total. The summed E-state index contributed by atoms with van der Waals surface area (Å²) in [5.74, 6) is -0.744. The molecule has 6 heteroatoms. The fraction of sp³-hybridized carbons (Fsp3) is 0.0476. The highest BCUT2D eigenvalue weighted by molar-refractivity contribution is 6.07. The largest absolute Gasteiger partial charge is 0.360 e. The summed E-state index contributed by atoms with van der Waals surface area (Å²) in [5.41, 5.74) is 7.88. The first-order valence-corrected chi connectivity index (χ1v) is 8.58. The first kappa shape index (κ1) is 16.7. The predicted octanol–water partition coefficient (Wildman–Crippen LogP) is 3.09. The highest BCUT2D eigenvalue weighted by atomic mass is 16.2. The maximum absolute atomic E-state index is 12.5. The van der Waals surface area contributed by atoms with E-state index in [1.807, 2.05) is 65.4 Å². The van der Waals surface area contributed by atoms with E-state index in [2.05, 4.69) is 15.8 Å². The Morgan fingerprint density at radius 3 is 2.44 bits per heavy atom. The van der Waals surface area contributed by atoms with Gasteiger partial charge >= 0.3 is 0 Å². The zero-order valence-electron chi connectivity index (χ0n) is 14.5. The fourth-order valence-corrected chi connectivity index (χ4v) is 3.04. The molecule has 0 spiro atoms. The van der Waals surface area contributed by atoms with Gasteiger partial charge in [0.05, 0.1) is 5.56 Å². The third kappa shape index (κ3) is 3.46. The van der Waals surface area contributed by atoms with Crippen LogP contribution in [0.4, 0.5) is 0 Å². The second kappa shape index (κ2) is 7.21. The number of aromatic nitrogens is 2. The molecule has 0 atom stereocenters. The number of H-pyrrole nitrogens is 1. The highest BCUT2D eigenvalue weighted by Gasteiger charge is 2.15. The molecule has 2 amide bonds. The maximum atomic E-state index is 12.5. The van der Waals surface area contributed by atoms with Crippen molar-refractivity contribution < 1.29 is 9.59 Å². The van der Waals surface area contributed by atoms with Crippen molar-refractivity contribution in [3.8, 4) is 0 Å². The van der Waals surface area contributed by atoms with Gasteiger partial charge in [0.15, 0.2) is 0 Å². The summed E-state index contributed by atoms with van der Waals surface area (Å²) in [4.78, 5) is 28.0. The van der Waals surface area contributed by atoms with Crippen molar-refractivity contribution in [3.63, 3.8) is 0 Å². The molecule has 0 aliphatic heterocycles. The summed E-state index contributed by atoms with van der Waals surface area (Å²) in [5, 5.41) is 0.803. The van der Waals surface area contributed by atoms with Crippen LogP contribution in [0.1, 0.15) is 26.4 Å². The van der Waals surface area contributed by atoms with Crippen LogP contribution in [-0.2, 0) is 6.54 Å². The standard InChI is InChI=1S/C21H18N4O2/c26-20(17-13-22-18-10-5-4-9-16(17)18)23-24-21(27)19-11-6-12-25(19)14-15-7-2-1-3-8-15/h1-13,22H,14H2,(H,23,26)(H,24,27). The summed E-state index contributed by atoms with van der Waals surface area (Å²) < 4.78 is 1.84. The van der Waals surface area contributed by atoms with E-state index >= 15 is 0 Å². The highest BCUT2D eigenvalue weighted by Crippen LogP contribution is 2.17. The number of amides is 2. The molecule has 27 heavy (non-hydrogen) atoms. The zero-order chi connectivity index (χ0) is 18.6. The van der Waals surface area contributed by atoms with E-state index < -0.39 is 0 Å². The van der Waals surface area contributed by atoms with Gasteiger partial charge in [-0.3, -0.25) is 20.4 Å². The van der Waals surface area contributed by atoms with Crippen LogP contribution in [0.3, 0.4) is 0 Å². The molecule has 0 aliphatic rings. The summed E-state index contributed by atoms with van der Waals surface area (Å²) in [6, 6.07) is 20.9. The molecule has 0 saturated carbocycles. The van der Waals surface area contributed by atoms with E-state index in [9.17, 15) is 9.59 Å². The van der Waals surface area contributed by atoms with E-state index in [1.54, 1.807) is 18.3 Å². The van der Waals surface area contributed by atoms with Crippen LogP contribution in [0.25, 0.3) is 10.9 Å². The average Bonchev–Trinajstić information content (AvgIpc) is 3.33. The number of rotatable bonds is 4. The van der Waals surface area contributed by atoms with Gasteiger partial charge < -0.3 is 9.55 Å². The molecule has 0 radical (unpaired) electrons. The van der Waals surface area contributed by atoms with Gasteiger partial charge in [-0.15, -0.1) is 0 Å². The molecule has 4 aromatic rings. The Hall–Kier alpha value is -3.80. The number of benzene rings is 2. The second-order valence-electron chi connectivity index (χ2n) is 6.16. The maximum Gasteiger partial charge on any atom is 0.286 e. The van der Waals surface area contributed by atoms with Crippen LogP contribution in [0, 0.1) is 0 Å². The number of carbonyl (C=O) groups excluding carboxylic acids is 2. The number of aromatic amines is 1. The van der Waals surface area contributed by atoms with Crippen LogP contribution >= 0.6 is 0 Å². The minimum absolute atomic E-state index is 0.371. The molecular formula is C21H18N4O2. The number of fused-ring (bicyclic) bond motifs is 1. The van der Waals surface area contributed by atoms with Gasteiger partial charge in [0.2, 0.25) is 0 Å². The van der Waals surface area contributed by atoms with Crippen molar-refractivity contribution in [1.82, 2.24) is 20.4 Å². The summed E-state index contributed by atoms with van der Waals surface area (Å²) in [6.45, 7) is 0.576. The number of para-hydroxylation sites is 1. The van der Waals surface area contributed by atoms with Gasteiger partial charge in [-0.25, -0.2) is 0 Å². The van der Waals surface area contributed by atoms with Gasteiger partial charge in [0.1, 0.15) is 5.69 Å². The molecule has 4 rings (SSSR count). The number of hydrogen-bond acceptors (Lipinski definition) is 2. The van der Waals surface area contributed by atoms with E-state index in [1.165, 1.54) is 0 Å². The minimum Gasteiger partial charge on any atom is -0.360 e. The van der Waals surface area contributed by atoms with Gasteiger partial charge in [0.25, 0.3) is 11.8 Å². The number of nitrogens with one attached hydrogen (secondary N) is 3. The van der Waals surface area contributed by atoms with Gasteiger partial charge in [-0.2, -0.15) is 0 Å². The Kier molecular flexibility index (Phi) is 4.45. The molecule has 0 aliphatic carbocycles. The van der Waals surface area contributed by atoms with Crippen LogP contribution < -0.4 is 10.9 Å². The molecule has 0 fully saturated rings. The molecule has 6 nitrogen and oxygen atoms in total. The molecule has 0 unspecified atom stereocenters. The van der Waals surface area contributed by atoms with E-state index in [-0.39, 0.29) is 11.8 Å². The lowest BCUT2D eigenvalue weighted by molar-refractivity contribution is 0.0842. The molecular weight excluding hydrogens is 340 g/mol. The quantitative estimate of drug-likeness (QED) is 0.490. The third-order valence-corrected chi connectivity index (χ3v) is 4.38. The Balaban J connectivity index is 1.44. The molecule has 2 heterocycles. The Bertz CT molecular complexity index is 1100. The third-order valence-electron chi connectivity index (χ3n) is 4.38. The molecule has 2 aromatic carbocycles. The lowest BCUT2D eigenvalue weighted by atomic mass is 10.2. The van der Waals surface area contributed by atoms with Crippen molar-refractivity contribution in [2.75, 3.05) is 0 Å². The number of hydrazine groups is 1. The monoisotopic (exact) mass is 358 g/mol. The summed E-state index contributed by atoms with van der Waals surface area (Å²) in [6.07, 6.45) is 3.47. The lowest BCUT2D eigenvalue weighted by Crippen LogP contribution is -2.42. The van der Waals surface area contributed by atoms with E-state index in [4.69, 9.17) is 0 Å². The van der Waals surface area contributed by atoms with Crippen molar-refractivity contribution in [2.24, 2.45) is 0 Å². The number of hydrogen-bond donors (Lipinski definition) is 3. The predicted molar refractivity (Wildman–Crippen MR) is 103 cm³/mol. The Labute approximate surface area is 155 Å². The van der Waals surface area contributed by atoms with Gasteiger partial charge in [-0.05, 0) is 23.8 Å². The van der Waals surface area contributed by atoms with Crippen molar-refractivity contribution >= 4 is 22.7 Å². The first-order valence-electron chi connectivity index (χ1n) is 8.58. The molecule has 0 bridgehead atoms. The smallest absolute Gasteiger partial charge is 0.286 e. The normalized spacial score (nSPS) is 10.7. The lowest BCUT2D eigenvalue weighted by Gasteiger charge is -2.10. The molecule has 2 aromatic heterocycles. The Morgan fingerprint density at radius 1 is 0.852 bits per heavy atom. The van der Waals surface area contributed by atoms with Crippen LogP contribution in [0.2, 0.25) is 0 Å². The summed E-state index contributed by atoms with van der Waals surface area (Å²) in [7, 11) is 0. The van der Waals surface area contributed by atoms with Gasteiger partial charge in [-0.1, -0.05) is 48.5 Å². The van der Waals surface area contributed by atoms with E-state index in [0.717, 1.165) is 16.5 Å². The second-order valence-corrected chi connectivity index (χ2v) is 6.16. The summed E-state index contributed by atoms with van der Waals surface area (Å²) >= 11 is 0. The topological polar surface area (TPSA) is 78.9 Å². The number of nitrogens with zero attached hydrogens (tertiary/aromatic N) is 1. The van der Waals surface area contributed by atoms with Gasteiger partial charge in [0, 0.05) is 29.8 Å². The number of carbonyl (C=O) groups is 2. The fourth-order valence-electron chi connectivity index (χ4n) is 3.04. The van der Waals surface area contributed by atoms with Crippen molar-refractivity contribution in [3.05, 3.63) is 95.9 Å². The van der Waals surface area contributed by atoms with Crippen LogP contribution in [0.15, 0.2) is 79.1 Å². The van der Waals surface area contributed by atoms with Crippen LogP contribution in [-0.4, -0.2) is 21.4 Å². The van der Waals surface area contributed by atoms with E-state index in [0.29, 0.717) is 17.8 Å². The van der Waals surface area contributed by atoms with Crippen LogP contribution in [0.5, 0.6) is 0 Å². The minimum atomic E-state index is -0.373. The van der Waals surface area contributed by atoms with Crippen molar-refractivity contribution in [2.45, 2.75) is 6.54 Å². The zero-order valence-corrected chi connectivity index (χ0v) is 14.5. The average molecular weight is 358 g/mol. The first-order chi connectivity index (χ1) is 13.2. The molecule has 0 saturated heterocycles. The van der Waals surface area contributed by atoms with Crippen molar-refractivity contribution in [1.29, 1.82) is 0 Å².